The predicted octanol–water partition coefficient (Wildman–Crippen LogP) is 4.82. The van der Waals surface area contributed by atoms with Crippen molar-refractivity contribution >= 4 is 62.0 Å². The average Bonchev–Trinajstić information content (AvgIpc) is 2.45. The summed E-state index contributed by atoms with van der Waals surface area (Å²) in [5, 5.41) is 6.09. The van der Waals surface area contributed by atoms with Crippen LogP contribution in [0.1, 0.15) is 0 Å². The van der Waals surface area contributed by atoms with Crippen LogP contribution in [-0.2, 0) is 0 Å². The summed E-state index contributed by atoms with van der Waals surface area (Å²) in [5.74, 6) is 0. The Bertz CT molecular complexity index is 789. The van der Waals surface area contributed by atoms with Crippen molar-refractivity contribution < 1.29 is 0 Å². The fourth-order valence-corrected chi connectivity index (χ4v) is 3.04. The summed E-state index contributed by atoms with van der Waals surface area (Å²) in [7, 11) is 0. The van der Waals surface area contributed by atoms with Gasteiger partial charge in [0.1, 0.15) is 0 Å². The molecule has 0 radical (unpaired) electrons. The van der Waals surface area contributed by atoms with E-state index in [2.05, 4.69) is 32.9 Å². The maximum atomic E-state index is 6.23. The summed E-state index contributed by atoms with van der Waals surface area (Å²) in [6, 6.07) is 11.6. The molecule has 0 aliphatic rings. The van der Waals surface area contributed by atoms with Gasteiger partial charge in [-0.2, -0.15) is 0 Å². The van der Waals surface area contributed by atoms with Crippen molar-refractivity contribution in [3.8, 4) is 0 Å². The van der Waals surface area contributed by atoms with Crippen molar-refractivity contribution in [2.24, 2.45) is 0 Å². The number of rotatable bonds is 2. The van der Waals surface area contributed by atoms with Crippen LogP contribution in [0.25, 0.3) is 10.8 Å². The molecule has 5 heteroatoms. The molecule has 0 aliphatic heterocycles. The summed E-state index contributed by atoms with van der Waals surface area (Å²) in [6.45, 7) is 0. The molecule has 2 aromatic carbocycles. The molecule has 0 bridgehead atoms. The average molecular weight is 396 g/mol. The molecule has 20 heavy (non-hydrogen) atoms. The van der Waals surface area contributed by atoms with E-state index >= 15 is 0 Å². The van der Waals surface area contributed by atoms with Gasteiger partial charge < -0.3 is 11.1 Å². The van der Waals surface area contributed by atoms with Gasteiger partial charge in [-0.25, -0.2) is 0 Å². The van der Waals surface area contributed by atoms with Crippen molar-refractivity contribution in [1.29, 1.82) is 0 Å². The van der Waals surface area contributed by atoms with Gasteiger partial charge in [0, 0.05) is 31.8 Å². The minimum Gasteiger partial charge on any atom is -0.397 e. The summed E-state index contributed by atoms with van der Waals surface area (Å²) in [6.07, 6.45) is 3.55. The summed E-state index contributed by atoms with van der Waals surface area (Å²) in [4.78, 5) is 4.10. The Hall–Kier alpha value is -1.53. The Morgan fingerprint density at radius 3 is 2.70 bits per heavy atom. The zero-order chi connectivity index (χ0) is 14.1. The minimum atomic E-state index is 0.718. The van der Waals surface area contributed by atoms with E-state index in [1.54, 1.807) is 6.20 Å². The molecule has 0 aliphatic carbocycles. The highest BCUT2D eigenvalue weighted by Gasteiger charge is 2.07. The first kappa shape index (κ1) is 13.5. The van der Waals surface area contributed by atoms with E-state index in [1.807, 2.05) is 42.6 Å². The highest BCUT2D eigenvalue weighted by Crippen LogP contribution is 2.32. The molecule has 0 saturated carbocycles. The number of nitrogens with zero attached hydrogens (tertiary/aromatic N) is 1. The largest absolute Gasteiger partial charge is 0.397 e. The fraction of sp³-hybridized carbons (Fsp3) is 0. The number of benzene rings is 2. The standard InChI is InChI=1S/C15H11ClIN3/c16-10-2-4-13(12(17)7-10)20-14-3-1-9-8-19-6-5-11(9)15(14)18/h1-8,20H,18H2. The Labute approximate surface area is 135 Å². The molecule has 0 saturated heterocycles. The number of aromatic nitrogens is 1. The first-order valence-corrected chi connectivity index (χ1v) is 7.45. The van der Waals surface area contributed by atoms with Crippen LogP contribution in [0.4, 0.5) is 17.1 Å². The highest BCUT2D eigenvalue weighted by atomic mass is 127. The van der Waals surface area contributed by atoms with Crippen molar-refractivity contribution in [3.63, 3.8) is 0 Å². The molecule has 3 N–H and O–H groups in total. The number of halogens is 2. The molecule has 3 aromatic rings. The van der Waals surface area contributed by atoms with Crippen LogP contribution >= 0.6 is 34.2 Å². The van der Waals surface area contributed by atoms with E-state index in [4.69, 9.17) is 17.3 Å². The first-order valence-electron chi connectivity index (χ1n) is 5.99. The molecule has 0 spiro atoms. The number of nitrogen functional groups attached to an aromatic ring is 1. The number of hydrogen-bond acceptors (Lipinski definition) is 3. The van der Waals surface area contributed by atoms with Gasteiger partial charge >= 0.3 is 0 Å². The maximum absolute atomic E-state index is 6.23. The number of nitrogens with one attached hydrogen (secondary N) is 1. The molecule has 1 heterocycles. The molecule has 100 valence electrons. The van der Waals surface area contributed by atoms with Gasteiger partial charge in [0.15, 0.2) is 0 Å². The van der Waals surface area contributed by atoms with Gasteiger partial charge in [-0.05, 0) is 52.9 Å². The minimum absolute atomic E-state index is 0.718. The number of pyridine rings is 1. The lowest BCUT2D eigenvalue weighted by atomic mass is 10.1. The monoisotopic (exact) mass is 395 g/mol. The van der Waals surface area contributed by atoms with Crippen LogP contribution in [0.3, 0.4) is 0 Å². The topological polar surface area (TPSA) is 50.9 Å². The second kappa shape index (κ2) is 5.46. The first-order chi connectivity index (χ1) is 9.65. The number of anilines is 3. The molecule has 0 atom stereocenters. The molecular formula is C15H11ClIN3. The normalized spacial score (nSPS) is 10.7. The third-order valence-corrected chi connectivity index (χ3v) is 4.19. The predicted molar refractivity (Wildman–Crippen MR) is 93.6 cm³/mol. The van der Waals surface area contributed by atoms with Crippen LogP contribution in [0, 0.1) is 3.57 Å². The van der Waals surface area contributed by atoms with Gasteiger partial charge in [-0.15, -0.1) is 0 Å². The summed E-state index contributed by atoms with van der Waals surface area (Å²) < 4.78 is 1.05. The number of fused-ring (bicyclic) bond motifs is 1. The third-order valence-electron chi connectivity index (χ3n) is 3.06. The molecule has 1 aromatic heterocycles. The van der Waals surface area contributed by atoms with Gasteiger partial charge in [0.2, 0.25) is 0 Å². The van der Waals surface area contributed by atoms with Crippen LogP contribution < -0.4 is 11.1 Å². The SMILES string of the molecule is Nc1c(Nc2ccc(Cl)cc2I)ccc2cnccc12. The molecule has 0 amide bonds. The van der Waals surface area contributed by atoms with Crippen molar-refractivity contribution in [2.75, 3.05) is 11.1 Å². The molecule has 3 rings (SSSR count). The number of hydrogen-bond donors (Lipinski definition) is 2. The fourth-order valence-electron chi connectivity index (χ4n) is 2.04. The van der Waals surface area contributed by atoms with E-state index in [-0.39, 0.29) is 0 Å². The van der Waals surface area contributed by atoms with Gasteiger partial charge in [0.25, 0.3) is 0 Å². The Balaban J connectivity index is 2.04. The zero-order valence-corrected chi connectivity index (χ0v) is 13.3. The quantitative estimate of drug-likeness (QED) is 0.483. The Kier molecular flexibility index (Phi) is 3.67. The molecule has 0 unspecified atom stereocenters. The van der Waals surface area contributed by atoms with Crippen LogP contribution in [0.5, 0.6) is 0 Å². The van der Waals surface area contributed by atoms with Crippen LogP contribution in [0.2, 0.25) is 5.02 Å². The Morgan fingerprint density at radius 1 is 1.10 bits per heavy atom. The van der Waals surface area contributed by atoms with Crippen molar-refractivity contribution in [1.82, 2.24) is 4.98 Å². The van der Waals surface area contributed by atoms with E-state index in [0.29, 0.717) is 0 Å². The van der Waals surface area contributed by atoms with Gasteiger partial charge in [0.05, 0.1) is 17.1 Å². The van der Waals surface area contributed by atoms with Crippen LogP contribution in [-0.4, -0.2) is 4.98 Å². The lowest BCUT2D eigenvalue weighted by Crippen LogP contribution is -1.98. The summed E-state index contributed by atoms with van der Waals surface area (Å²) >= 11 is 8.21. The van der Waals surface area contributed by atoms with E-state index in [9.17, 15) is 0 Å². The van der Waals surface area contributed by atoms with E-state index in [1.165, 1.54) is 0 Å². The molecule has 3 nitrogen and oxygen atoms in total. The van der Waals surface area contributed by atoms with E-state index in [0.717, 1.165) is 36.4 Å². The number of nitrogens with two attached hydrogens (primary N) is 1. The van der Waals surface area contributed by atoms with Crippen molar-refractivity contribution in [3.05, 3.63) is 57.4 Å². The smallest absolute Gasteiger partial charge is 0.0634 e. The highest BCUT2D eigenvalue weighted by molar-refractivity contribution is 14.1. The van der Waals surface area contributed by atoms with Gasteiger partial charge in [-0.3, -0.25) is 4.98 Å². The Morgan fingerprint density at radius 2 is 1.90 bits per heavy atom. The van der Waals surface area contributed by atoms with Gasteiger partial charge in [-0.1, -0.05) is 17.7 Å². The maximum Gasteiger partial charge on any atom is 0.0634 e. The van der Waals surface area contributed by atoms with Crippen molar-refractivity contribution in [2.45, 2.75) is 0 Å². The van der Waals surface area contributed by atoms with E-state index < -0.39 is 0 Å². The third kappa shape index (κ3) is 2.53. The second-order valence-corrected chi connectivity index (χ2v) is 5.97. The second-order valence-electron chi connectivity index (χ2n) is 4.37. The lowest BCUT2D eigenvalue weighted by Gasteiger charge is -2.13. The summed E-state index contributed by atoms with van der Waals surface area (Å²) in [5.41, 5.74) is 8.81. The molecular weight excluding hydrogens is 385 g/mol. The zero-order valence-electron chi connectivity index (χ0n) is 10.4. The molecule has 0 fully saturated rings. The lowest BCUT2D eigenvalue weighted by molar-refractivity contribution is 1.36. The van der Waals surface area contributed by atoms with Crippen LogP contribution in [0.15, 0.2) is 48.8 Å².